The van der Waals surface area contributed by atoms with E-state index in [0.29, 0.717) is 30.8 Å². The minimum absolute atomic E-state index is 0.0195. The molecule has 0 radical (unpaired) electrons. The van der Waals surface area contributed by atoms with E-state index in [2.05, 4.69) is 59.8 Å². The summed E-state index contributed by atoms with van der Waals surface area (Å²) in [6, 6.07) is 0. The summed E-state index contributed by atoms with van der Waals surface area (Å²) >= 11 is 0. The summed E-state index contributed by atoms with van der Waals surface area (Å²) < 4.78 is 18.0. The van der Waals surface area contributed by atoms with E-state index in [1.54, 1.807) is 7.11 Å². The molecular weight excluding hydrogens is 664 g/mol. The molecule has 0 unspecified atom stereocenters. The highest BCUT2D eigenvalue weighted by atomic mass is 16.7. The fourth-order valence-corrected chi connectivity index (χ4v) is 15.7. The van der Waals surface area contributed by atoms with Gasteiger partial charge in [0.15, 0.2) is 12.4 Å². The highest BCUT2D eigenvalue weighted by Crippen LogP contribution is 2.82. The number of hydrogen-bond donors (Lipinski definition) is 5. The second kappa shape index (κ2) is 11.6. The Morgan fingerprint density at radius 2 is 1.67 bits per heavy atom. The van der Waals surface area contributed by atoms with Crippen LogP contribution < -0.4 is 0 Å². The van der Waals surface area contributed by atoms with Gasteiger partial charge in [0, 0.05) is 18.4 Å². The first kappa shape index (κ1) is 37.1. The van der Waals surface area contributed by atoms with Crippen LogP contribution in [0.15, 0.2) is 23.8 Å². The average molecular weight is 727 g/mol. The van der Waals surface area contributed by atoms with Gasteiger partial charge in [0.2, 0.25) is 0 Å². The summed E-state index contributed by atoms with van der Waals surface area (Å²) in [6.07, 6.45) is 7.73. The molecule has 10 heteroatoms. The zero-order valence-corrected chi connectivity index (χ0v) is 32.1. The van der Waals surface area contributed by atoms with Crippen molar-refractivity contribution in [2.24, 2.45) is 67.5 Å². The molecule has 0 aromatic carbocycles. The van der Waals surface area contributed by atoms with Gasteiger partial charge in [-0.25, -0.2) is 4.79 Å². The monoisotopic (exact) mass is 726 g/mol. The first-order valence-electron chi connectivity index (χ1n) is 20.0. The molecule has 10 nitrogen and oxygen atoms in total. The van der Waals surface area contributed by atoms with Crippen molar-refractivity contribution in [3.8, 4) is 0 Å². The van der Waals surface area contributed by atoms with E-state index in [1.807, 2.05) is 0 Å². The van der Waals surface area contributed by atoms with Gasteiger partial charge >= 0.3 is 11.9 Å². The van der Waals surface area contributed by atoms with Crippen molar-refractivity contribution in [1.29, 1.82) is 0 Å². The molecule has 8 rings (SSSR count). The van der Waals surface area contributed by atoms with Crippen LogP contribution in [-0.2, 0) is 23.8 Å². The number of carboxylic acid groups (broad SMARTS) is 2. The Hall–Kier alpha value is -1.82. The summed E-state index contributed by atoms with van der Waals surface area (Å²) in [5, 5.41) is 52.8. The van der Waals surface area contributed by atoms with E-state index in [9.17, 15) is 35.1 Å². The van der Waals surface area contributed by atoms with Crippen LogP contribution in [-0.4, -0.2) is 88.0 Å². The van der Waals surface area contributed by atoms with Gasteiger partial charge in [0.05, 0.1) is 18.1 Å². The summed E-state index contributed by atoms with van der Waals surface area (Å²) in [4.78, 5) is 25.8. The Balaban J connectivity index is 1.19. The Bertz CT molecular complexity index is 1570. The van der Waals surface area contributed by atoms with Crippen molar-refractivity contribution in [2.75, 3.05) is 13.7 Å². The number of carbonyl (C=O) groups is 2. The summed E-state index contributed by atoms with van der Waals surface area (Å²) in [7, 11) is 1.72. The van der Waals surface area contributed by atoms with E-state index < -0.39 is 53.5 Å². The first-order valence-corrected chi connectivity index (χ1v) is 20.0. The lowest BCUT2D eigenvalue weighted by Crippen LogP contribution is -2.72. The minimum atomic E-state index is -1.76. The summed E-state index contributed by atoms with van der Waals surface area (Å²) in [6.45, 7) is 14.9. The van der Waals surface area contributed by atoms with Gasteiger partial charge < -0.3 is 39.7 Å². The number of methoxy groups -OCH3 is 1. The maximum Gasteiger partial charge on any atom is 0.335 e. The van der Waals surface area contributed by atoms with Gasteiger partial charge in [-0.05, 0) is 115 Å². The van der Waals surface area contributed by atoms with E-state index in [-0.39, 0.29) is 45.0 Å². The predicted molar refractivity (Wildman–Crippen MR) is 191 cm³/mol. The van der Waals surface area contributed by atoms with Crippen LogP contribution in [0.25, 0.3) is 0 Å². The molecule has 290 valence electrons. The van der Waals surface area contributed by atoms with Crippen molar-refractivity contribution in [3.05, 3.63) is 23.8 Å². The fourth-order valence-electron chi connectivity index (χ4n) is 15.7. The van der Waals surface area contributed by atoms with Gasteiger partial charge in [0.25, 0.3) is 0 Å². The zero-order valence-electron chi connectivity index (χ0n) is 32.1. The number of allylic oxidation sites excluding steroid dienone is 4. The molecule has 2 bridgehead atoms. The lowest BCUT2D eigenvalue weighted by Gasteiger charge is -2.77. The highest BCUT2D eigenvalue weighted by molar-refractivity contribution is 5.79. The molecule has 1 spiro atoms. The second-order valence-corrected chi connectivity index (χ2v) is 20.3. The SMILES string of the molecule is COC[C@H]1C[C@]2(C)CC=C[C@]3(C2)C2=C[C@@H]4CC[C@@H]5C[C@H](O[C@@H]6O[C@H](C(=O)O)[C@@H](O)[C@H](O)[C@H]6O)C(C)(C)[C@@H]6CC[C@](C)([C@H]4[C@@]56C)[C@]2(C)CC[C@@]13C(=O)O. The fraction of sp³-hybridized carbons (Fsp3) is 0.857. The molecule has 1 saturated heterocycles. The lowest BCUT2D eigenvalue weighted by molar-refractivity contribution is -0.332. The van der Waals surface area contributed by atoms with Crippen LogP contribution in [0.2, 0.25) is 0 Å². The largest absolute Gasteiger partial charge is 0.481 e. The van der Waals surface area contributed by atoms with Gasteiger partial charge in [-0.1, -0.05) is 65.3 Å². The Kier molecular flexibility index (Phi) is 8.28. The molecule has 0 aromatic rings. The molecule has 0 aromatic heterocycles. The van der Waals surface area contributed by atoms with Crippen molar-refractivity contribution < 1.29 is 49.3 Å². The molecule has 17 atom stereocenters. The number of rotatable bonds is 6. The van der Waals surface area contributed by atoms with Crippen LogP contribution in [0.5, 0.6) is 0 Å². The summed E-state index contributed by atoms with van der Waals surface area (Å²) in [5.41, 5.74) is -0.671. The topological polar surface area (TPSA) is 163 Å². The van der Waals surface area contributed by atoms with Crippen molar-refractivity contribution in [2.45, 2.75) is 143 Å². The molecule has 6 fully saturated rings. The maximum absolute atomic E-state index is 13.9. The zero-order chi connectivity index (χ0) is 37.6. The predicted octanol–water partition coefficient (Wildman–Crippen LogP) is 5.58. The third-order valence-electron chi connectivity index (χ3n) is 18.0. The molecular formula is C42H62O10. The lowest BCUT2D eigenvalue weighted by atomic mass is 9.27. The standard InChI is InChI=1S/C42H62O10/c1-36(2)25-11-14-39(5)32-22(9-10-23(40(25,32)6)18-27(36)51-34-30(45)28(43)29(44)31(52-34)33(46)47)17-26-38(39,4)15-16-42(35(48)49)24(20-50-7)19-37(3)12-8-13-41(26,42)21-37/h8,13,17,22-25,27-32,34,43-45H,9-12,14-16,18-21H2,1-7H3,(H,46,47)(H,48,49)/t22-,23+,24+,25-,27-,28-,29-,30+,31-,32-,34+,37-,38+,39+,40-,41-,42-/m0/s1. The van der Waals surface area contributed by atoms with Gasteiger partial charge in [-0.3, -0.25) is 4.79 Å². The molecule has 52 heavy (non-hydrogen) atoms. The molecule has 5 N–H and O–H groups in total. The molecule has 1 heterocycles. The molecule has 1 aliphatic heterocycles. The number of aliphatic hydroxyl groups excluding tert-OH is 3. The molecule has 5 saturated carbocycles. The van der Waals surface area contributed by atoms with Gasteiger partial charge in [-0.2, -0.15) is 0 Å². The van der Waals surface area contributed by atoms with Crippen LogP contribution >= 0.6 is 0 Å². The normalized spacial score (nSPS) is 55.7. The number of aliphatic hydroxyl groups is 3. The van der Waals surface area contributed by atoms with E-state index in [1.165, 1.54) is 5.57 Å². The minimum Gasteiger partial charge on any atom is -0.481 e. The number of ether oxygens (including phenoxy) is 3. The maximum atomic E-state index is 13.9. The van der Waals surface area contributed by atoms with Crippen molar-refractivity contribution in [1.82, 2.24) is 0 Å². The summed E-state index contributed by atoms with van der Waals surface area (Å²) in [5.74, 6) is -0.830. The molecule has 7 aliphatic carbocycles. The van der Waals surface area contributed by atoms with Crippen LogP contribution in [0.1, 0.15) is 106 Å². The quantitative estimate of drug-likeness (QED) is 0.173. The second-order valence-electron chi connectivity index (χ2n) is 20.3. The smallest absolute Gasteiger partial charge is 0.335 e. The van der Waals surface area contributed by atoms with E-state index >= 15 is 0 Å². The first-order chi connectivity index (χ1) is 24.3. The van der Waals surface area contributed by atoms with Crippen molar-refractivity contribution >= 4 is 11.9 Å². The number of aliphatic carboxylic acids is 2. The number of fused-ring (bicyclic) bond motifs is 3. The Morgan fingerprint density at radius 1 is 0.942 bits per heavy atom. The van der Waals surface area contributed by atoms with Crippen LogP contribution in [0.4, 0.5) is 0 Å². The van der Waals surface area contributed by atoms with Gasteiger partial charge in [-0.15, -0.1) is 0 Å². The Labute approximate surface area is 308 Å². The molecule has 8 aliphatic rings. The molecule has 0 amide bonds. The van der Waals surface area contributed by atoms with E-state index in [4.69, 9.17) is 14.2 Å². The van der Waals surface area contributed by atoms with E-state index in [0.717, 1.165) is 57.8 Å². The highest BCUT2D eigenvalue weighted by Gasteiger charge is 2.77. The van der Waals surface area contributed by atoms with Gasteiger partial charge in [0.1, 0.15) is 18.3 Å². The Morgan fingerprint density at radius 3 is 2.35 bits per heavy atom. The third kappa shape index (κ3) is 4.40. The van der Waals surface area contributed by atoms with Crippen molar-refractivity contribution in [3.63, 3.8) is 0 Å². The number of hydrogen-bond acceptors (Lipinski definition) is 8. The van der Waals surface area contributed by atoms with Crippen LogP contribution in [0.3, 0.4) is 0 Å². The number of carboxylic acids is 2. The average Bonchev–Trinajstić information content (AvgIpc) is 3.05. The van der Waals surface area contributed by atoms with Crippen LogP contribution in [0, 0.1) is 67.5 Å². The third-order valence-corrected chi connectivity index (χ3v) is 18.0.